The lowest BCUT2D eigenvalue weighted by molar-refractivity contribution is 0.249. The molecule has 1 fully saturated rings. The second-order valence-electron chi connectivity index (χ2n) is 4.75. The lowest BCUT2D eigenvalue weighted by Gasteiger charge is -2.16. The minimum Gasteiger partial charge on any atom is -0.497 e. The average molecular weight is 235 g/mol. The van der Waals surface area contributed by atoms with Crippen LogP contribution in [0.25, 0.3) is 0 Å². The minimum atomic E-state index is 0.317. The largest absolute Gasteiger partial charge is 0.497 e. The lowest BCUT2D eigenvalue weighted by Crippen LogP contribution is -2.20. The van der Waals surface area contributed by atoms with E-state index in [1.54, 1.807) is 7.11 Å². The highest BCUT2D eigenvalue weighted by Gasteiger charge is 2.21. The van der Waals surface area contributed by atoms with E-state index in [0.29, 0.717) is 12.5 Å². The monoisotopic (exact) mass is 235 g/mol. The molecule has 1 aliphatic heterocycles. The Kier molecular flexibility index (Phi) is 4.40. The molecule has 1 atom stereocenters. The zero-order valence-corrected chi connectivity index (χ0v) is 10.4. The van der Waals surface area contributed by atoms with Gasteiger partial charge in [-0.2, -0.15) is 0 Å². The molecule has 1 unspecified atom stereocenters. The number of ether oxygens (including phenoxy) is 1. The van der Waals surface area contributed by atoms with Crippen molar-refractivity contribution in [3.63, 3.8) is 0 Å². The molecule has 1 aromatic rings. The van der Waals surface area contributed by atoms with Crippen molar-refractivity contribution in [3.05, 3.63) is 29.8 Å². The van der Waals surface area contributed by atoms with Crippen LogP contribution in [0.1, 0.15) is 18.4 Å². The summed E-state index contributed by atoms with van der Waals surface area (Å²) >= 11 is 0. The number of benzene rings is 1. The van der Waals surface area contributed by atoms with Gasteiger partial charge in [0.2, 0.25) is 0 Å². The fraction of sp³-hybridized carbons (Fsp3) is 0.571. The minimum absolute atomic E-state index is 0.317. The normalized spacial score (nSPS) is 20.7. The van der Waals surface area contributed by atoms with Crippen molar-refractivity contribution in [3.8, 4) is 5.75 Å². The Morgan fingerprint density at radius 3 is 3.12 bits per heavy atom. The van der Waals surface area contributed by atoms with Crippen LogP contribution in [0.4, 0.5) is 0 Å². The van der Waals surface area contributed by atoms with Crippen molar-refractivity contribution in [1.82, 2.24) is 4.90 Å². The molecular weight excluding hydrogens is 214 g/mol. The smallest absolute Gasteiger partial charge is 0.119 e. The maximum Gasteiger partial charge on any atom is 0.119 e. The fourth-order valence-corrected chi connectivity index (χ4v) is 2.50. The van der Waals surface area contributed by atoms with E-state index in [2.05, 4.69) is 17.0 Å². The van der Waals surface area contributed by atoms with Gasteiger partial charge < -0.3 is 9.84 Å². The van der Waals surface area contributed by atoms with E-state index in [-0.39, 0.29) is 0 Å². The second kappa shape index (κ2) is 6.03. The van der Waals surface area contributed by atoms with Crippen LogP contribution >= 0.6 is 0 Å². The van der Waals surface area contributed by atoms with Crippen LogP contribution in [0, 0.1) is 5.92 Å². The summed E-state index contributed by atoms with van der Waals surface area (Å²) in [5, 5.41) is 8.94. The van der Waals surface area contributed by atoms with Crippen LogP contribution in [0.15, 0.2) is 24.3 Å². The maximum absolute atomic E-state index is 8.94. The van der Waals surface area contributed by atoms with Gasteiger partial charge in [0.05, 0.1) is 7.11 Å². The number of rotatable bonds is 5. The molecule has 2 rings (SSSR count). The summed E-state index contributed by atoms with van der Waals surface area (Å²) in [5.41, 5.74) is 1.30. The Balaban J connectivity index is 1.88. The molecule has 1 heterocycles. The third-order valence-corrected chi connectivity index (χ3v) is 3.45. The zero-order valence-electron chi connectivity index (χ0n) is 10.4. The van der Waals surface area contributed by atoms with Crippen molar-refractivity contribution in [2.45, 2.75) is 19.4 Å². The molecule has 1 aliphatic rings. The van der Waals surface area contributed by atoms with Gasteiger partial charge in [0.1, 0.15) is 5.75 Å². The van der Waals surface area contributed by atoms with Crippen LogP contribution in [-0.2, 0) is 6.54 Å². The van der Waals surface area contributed by atoms with Crippen molar-refractivity contribution in [2.24, 2.45) is 5.92 Å². The lowest BCUT2D eigenvalue weighted by atomic mass is 10.1. The first kappa shape index (κ1) is 12.4. The van der Waals surface area contributed by atoms with Gasteiger partial charge in [-0.1, -0.05) is 12.1 Å². The summed E-state index contributed by atoms with van der Waals surface area (Å²) in [6.07, 6.45) is 2.15. The van der Waals surface area contributed by atoms with Gasteiger partial charge >= 0.3 is 0 Å². The van der Waals surface area contributed by atoms with E-state index in [0.717, 1.165) is 31.8 Å². The summed E-state index contributed by atoms with van der Waals surface area (Å²) in [6, 6.07) is 8.25. The summed E-state index contributed by atoms with van der Waals surface area (Å²) < 4.78 is 5.23. The molecule has 17 heavy (non-hydrogen) atoms. The van der Waals surface area contributed by atoms with E-state index in [9.17, 15) is 0 Å². The SMILES string of the molecule is COc1cccc(CN2CCC(CCO)C2)c1. The van der Waals surface area contributed by atoms with Gasteiger partial charge in [-0.05, 0) is 43.0 Å². The molecule has 3 nitrogen and oxygen atoms in total. The van der Waals surface area contributed by atoms with Crippen molar-refractivity contribution < 1.29 is 9.84 Å². The van der Waals surface area contributed by atoms with Gasteiger partial charge in [-0.3, -0.25) is 4.90 Å². The molecular formula is C14H21NO2. The van der Waals surface area contributed by atoms with E-state index < -0.39 is 0 Å². The first-order valence-electron chi connectivity index (χ1n) is 6.28. The molecule has 1 aromatic carbocycles. The van der Waals surface area contributed by atoms with Crippen molar-refractivity contribution in [2.75, 3.05) is 26.8 Å². The Bertz CT molecular complexity index is 354. The highest BCUT2D eigenvalue weighted by Crippen LogP contribution is 2.22. The maximum atomic E-state index is 8.94. The van der Waals surface area contributed by atoms with Crippen LogP contribution in [0.2, 0.25) is 0 Å². The Hall–Kier alpha value is -1.06. The number of hydrogen-bond donors (Lipinski definition) is 1. The summed E-state index contributed by atoms with van der Waals surface area (Å²) in [4.78, 5) is 2.45. The van der Waals surface area contributed by atoms with E-state index in [1.807, 2.05) is 12.1 Å². The molecule has 0 bridgehead atoms. The summed E-state index contributed by atoms with van der Waals surface area (Å²) in [7, 11) is 1.70. The average Bonchev–Trinajstić information content (AvgIpc) is 2.77. The van der Waals surface area contributed by atoms with Gasteiger partial charge in [-0.25, -0.2) is 0 Å². The van der Waals surface area contributed by atoms with E-state index >= 15 is 0 Å². The second-order valence-corrected chi connectivity index (χ2v) is 4.75. The quantitative estimate of drug-likeness (QED) is 0.846. The van der Waals surface area contributed by atoms with Crippen LogP contribution < -0.4 is 4.74 Å². The zero-order chi connectivity index (χ0) is 12.1. The number of likely N-dealkylation sites (tertiary alicyclic amines) is 1. The molecule has 0 aromatic heterocycles. The molecule has 1 saturated heterocycles. The van der Waals surface area contributed by atoms with Gasteiger partial charge in [-0.15, -0.1) is 0 Å². The Morgan fingerprint density at radius 1 is 1.47 bits per heavy atom. The van der Waals surface area contributed by atoms with Gasteiger partial charge in [0.15, 0.2) is 0 Å². The summed E-state index contributed by atoms with van der Waals surface area (Å²) in [6.45, 7) is 3.55. The van der Waals surface area contributed by atoms with E-state index in [4.69, 9.17) is 9.84 Å². The first-order valence-corrected chi connectivity index (χ1v) is 6.28. The van der Waals surface area contributed by atoms with Gasteiger partial charge in [0.25, 0.3) is 0 Å². The third kappa shape index (κ3) is 3.45. The van der Waals surface area contributed by atoms with Crippen LogP contribution in [0.3, 0.4) is 0 Å². The van der Waals surface area contributed by atoms with Gasteiger partial charge in [0, 0.05) is 19.7 Å². The number of aliphatic hydroxyl groups is 1. The standard InChI is InChI=1S/C14H21NO2/c1-17-14-4-2-3-13(9-14)11-15-7-5-12(10-15)6-8-16/h2-4,9,12,16H,5-8,10-11H2,1H3. The highest BCUT2D eigenvalue weighted by molar-refractivity contribution is 5.28. The molecule has 0 spiro atoms. The van der Waals surface area contributed by atoms with Crippen molar-refractivity contribution >= 4 is 0 Å². The predicted molar refractivity (Wildman–Crippen MR) is 68.1 cm³/mol. The molecule has 0 radical (unpaired) electrons. The van der Waals surface area contributed by atoms with Crippen LogP contribution in [0.5, 0.6) is 5.75 Å². The van der Waals surface area contributed by atoms with Crippen LogP contribution in [-0.4, -0.2) is 36.8 Å². The molecule has 94 valence electrons. The third-order valence-electron chi connectivity index (χ3n) is 3.45. The number of nitrogens with zero attached hydrogens (tertiary/aromatic N) is 1. The number of hydrogen-bond acceptors (Lipinski definition) is 3. The topological polar surface area (TPSA) is 32.7 Å². The molecule has 0 amide bonds. The predicted octanol–water partition coefficient (Wildman–Crippen LogP) is 1.90. The first-order chi connectivity index (χ1) is 8.31. The highest BCUT2D eigenvalue weighted by atomic mass is 16.5. The molecule has 1 N–H and O–H groups in total. The van der Waals surface area contributed by atoms with E-state index in [1.165, 1.54) is 12.0 Å². The summed E-state index contributed by atoms with van der Waals surface area (Å²) in [5.74, 6) is 1.60. The Labute approximate surface area is 103 Å². The van der Waals surface area contributed by atoms with Crippen molar-refractivity contribution in [1.29, 1.82) is 0 Å². The number of methoxy groups -OCH3 is 1. The fourth-order valence-electron chi connectivity index (χ4n) is 2.50. The molecule has 3 heteroatoms. The molecule has 0 saturated carbocycles. The number of aliphatic hydroxyl groups excluding tert-OH is 1. The Morgan fingerprint density at radius 2 is 2.35 bits per heavy atom. The molecule has 0 aliphatic carbocycles.